The summed E-state index contributed by atoms with van der Waals surface area (Å²) < 4.78 is 18.8. The van der Waals surface area contributed by atoms with E-state index in [1.165, 1.54) is 12.1 Å². The Morgan fingerprint density at radius 1 is 0.966 bits per heavy atom. The van der Waals surface area contributed by atoms with Crippen molar-refractivity contribution < 1.29 is 13.7 Å². The van der Waals surface area contributed by atoms with Crippen LogP contribution in [0.1, 0.15) is 5.56 Å². The molecular weight excluding hydrogens is 371 g/mol. The summed E-state index contributed by atoms with van der Waals surface area (Å²) in [6.07, 6.45) is 3.43. The minimum Gasteiger partial charge on any atom is -0.399 e. The monoisotopic (exact) mass is 388 g/mol. The van der Waals surface area contributed by atoms with E-state index in [0.717, 1.165) is 11.1 Å². The lowest BCUT2D eigenvalue weighted by molar-refractivity contribution is -0.115. The Kier molecular flexibility index (Phi) is 5.03. The number of nitrogens with two attached hydrogens (primary N) is 1. The molecule has 3 N–H and O–H groups in total. The van der Waals surface area contributed by atoms with Gasteiger partial charge in [0.25, 0.3) is 0 Å². The number of nitrogens with zero attached hydrogens (tertiary/aromatic N) is 2. The molecule has 0 radical (unpaired) electrons. The van der Waals surface area contributed by atoms with Crippen molar-refractivity contribution in [1.29, 1.82) is 0 Å². The molecule has 2 heterocycles. The highest BCUT2D eigenvalue weighted by Gasteiger charge is 2.21. The largest absolute Gasteiger partial charge is 0.399 e. The number of anilines is 2. The third-order valence-corrected chi connectivity index (χ3v) is 4.38. The van der Waals surface area contributed by atoms with Crippen molar-refractivity contribution in [3.63, 3.8) is 0 Å². The molecule has 0 saturated heterocycles. The number of aromatic nitrogens is 2. The van der Waals surface area contributed by atoms with Gasteiger partial charge in [-0.1, -0.05) is 17.3 Å². The number of hydrogen-bond acceptors (Lipinski definition) is 5. The molecule has 1 amide bonds. The molecule has 0 aliphatic rings. The standard InChI is InChI=1S/C22H17FN4O2/c23-17-5-3-16(4-6-17)21-20(15-9-11-25-12-10-15)22(29-27-21)26-19(28)13-14-1-7-18(24)8-2-14/h1-12H,13,24H2,(H,26,28). The van der Waals surface area contributed by atoms with E-state index in [4.69, 9.17) is 10.3 Å². The molecule has 4 aromatic rings. The Bertz CT molecular complexity index is 1120. The van der Waals surface area contributed by atoms with Crippen molar-refractivity contribution in [2.75, 3.05) is 11.1 Å². The molecule has 7 heteroatoms. The van der Waals surface area contributed by atoms with Gasteiger partial charge in [-0.15, -0.1) is 0 Å². The van der Waals surface area contributed by atoms with Crippen molar-refractivity contribution in [2.24, 2.45) is 0 Å². The lowest BCUT2D eigenvalue weighted by atomic mass is 10.0. The first-order valence-electron chi connectivity index (χ1n) is 8.90. The Morgan fingerprint density at radius 2 is 1.66 bits per heavy atom. The first kappa shape index (κ1) is 18.4. The summed E-state index contributed by atoms with van der Waals surface area (Å²) in [7, 11) is 0. The molecular formula is C22H17FN4O2. The fourth-order valence-corrected chi connectivity index (χ4v) is 2.96. The molecule has 0 saturated carbocycles. The number of amides is 1. The molecule has 0 unspecified atom stereocenters. The average molecular weight is 388 g/mol. The summed E-state index contributed by atoms with van der Waals surface area (Å²) in [6.45, 7) is 0. The minimum atomic E-state index is -0.347. The lowest BCUT2D eigenvalue weighted by Crippen LogP contribution is -2.14. The van der Waals surface area contributed by atoms with Crippen LogP contribution in [0.3, 0.4) is 0 Å². The minimum absolute atomic E-state index is 0.155. The van der Waals surface area contributed by atoms with Crippen LogP contribution in [-0.4, -0.2) is 16.0 Å². The number of nitrogens with one attached hydrogen (secondary N) is 1. The van der Waals surface area contributed by atoms with Gasteiger partial charge < -0.3 is 10.3 Å². The summed E-state index contributed by atoms with van der Waals surface area (Å²) >= 11 is 0. The van der Waals surface area contributed by atoms with Gasteiger partial charge >= 0.3 is 0 Å². The molecule has 0 atom stereocenters. The molecule has 29 heavy (non-hydrogen) atoms. The third-order valence-electron chi connectivity index (χ3n) is 4.38. The second-order valence-electron chi connectivity index (χ2n) is 6.44. The van der Waals surface area contributed by atoms with Crippen molar-refractivity contribution >= 4 is 17.5 Å². The second kappa shape index (κ2) is 7.93. The fourth-order valence-electron chi connectivity index (χ4n) is 2.96. The number of carbonyl (C=O) groups is 1. The second-order valence-corrected chi connectivity index (χ2v) is 6.44. The quantitative estimate of drug-likeness (QED) is 0.497. The van der Waals surface area contributed by atoms with Crippen LogP contribution in [0.4, 0.5) is 16.0 Å². The summed E-state index contributed by atoms with van der Waals surface area (Å²) in [5.41, 5.74) is 9.67. The molecule has 4 rings (SSSR count). The van der Waals surface area contributed by atoms with Crippen LogP contribution in [0, 0.1) is 5.82 Å². The zero-order valence-electron chi connectivity index (χ0n) is 15.3. The molecule has 2 aromatic carbocycles. The van der Waals surface area contributed by atoms with Crippen molar-refractivity contribution in [2.45, 2.75) is 6.42 Å². The topological polar surface area (TPSA) is 94.0 Å². The lowest BCUT2D eigenvalue weighted by Gasteiger charge is -2.07. The van der Waals surface area contributed by atoms with Crippen molar-refractivity contribution in [3.05, 3.63) is 84.4 Å². The molecule has 2 aromatic heterocycles. The van der Waals surface area contributed by atoms with Gasteiger partial charge in [-0.25, -0.2) is 4.39 Å². The van der Waals surface area contributed by atoms with Gasteiger partial charge in [0, 0.05) is 23.6 Å². The number of pyridine rings is 1. The van der Waals surface area contributed by atoms with Gasteiger partial charge in [0.1, 0.15) is 11.5 Å². The van der Waals surface area contributed by atoms with Gasteiger partial charge in [-0.2, -0.15) is 0 Å². The van der Waals surface area contributed by atoms with E-state index in [0.29, 0.717) is 22.5 Å². The zero-order chi connectivity index (χ0) is 20.2. The van der Waals surface area contributed by atoms with Crippen LogP contribution < -0.4 is 11.1 Å². The van der Waals surface area contributed by atoms with Gasteiger partial charge in [0.2, 0.25) is 11.8 Å². The SMILES string of the molecule is Nc1ccc(CC(=O)Nc2onc(-c3ccc(F)cc3)c2-c2ccncc2)cc1. The Labute approximate surface area is 166 Å². The molecule has 0 aliphatic heterocycles. The molecule has 0 bridgehead atoms. The van der Waals surface area contributed by atoms with E-state index >= 15 is 0 Å². The highest BCUT2D eigenvalue weighted by Crippen LogP contribution is 2.37. The number of hydrogen-bond donors (Lipinski definition) is 2. The maximum atomic E-state index is 13.3. The maximum absolute atomic E-state index is 13.3. The number of benzene rings is 2. The van der Waals surface area contributed by atoms with Crippen LogP contribution >= 0.6 is 0 Å². The van der Waals surface area contributed by atoms with E-state index in [2.05, 4.69) is 15.5 Å². The smallest absolute Gasteiger partial charge is 0.239 e. The van der Waals surface area contributed by atoms with Crippen LogP contribution in [0.15, 0.2) is 77.6 Å². The number of halogens is 1. The third kappa shape index (κ3) is 4.14. The Hall–Kier alpha value is -4.00. The van der Waals surface area contributed by atoms with Crippen LogP contribution in [0.5, 0.6) is 0 Å². The van der Waals surface area contributed by atoms with Crippen LogP contribution in [0.25, 0.3) is 22.4 Å². The number of rotatable bonds is 5. The zero-order valence-corrected chi connectivity index (χ0v) is 15.3. The number of nitrogen functional groups attached to an aromatic ring is 1. The normalized spacial score (nSPS) is 10.7. The highest BCUT2D eigenvalue weighted by molar-refractivity contribution is 5.97. The summed E-state index contributed by atoms with van der Waals surface area (Å²) in [6, 6.07) is 16.6. The van der Waals surface area contributed by atoms with Gasteiger partial charge in [0.15, 0.2) is 0 Å². The van der Waals surface area contributed by atoms with Crippen LogP contribution in [-0.2, 0) is 11.2 Å². The summed E-state index contributed by atoms with van der Waals surface area (Å²) in [5, 5.41) is 6.89. The first-order chi connectivity index (χ1) is 14.1. The molecule has 0 aliphatic carbocycles. The van der Waals surface area contributed by atoms with E-state index in [9.17, 15) is 9.18 Å². The number of carbonyl (C=O) groups excluding carboxylic acids is 1. The van der Waals surface area contributed by atoms with Gasteiger partial charge in [0.05, 0.1) is 12.0 Å². The van der Waals surface area contributed by atoms with Crippen molar-refractivity contribution in [3.8, 4) is 22.4 Å². The average Bonchev–Trinajstić information content (AvgIpc) is 3.14. The molecule has 0 spiro atoms. The van der Waals surface area contributed by atoms with Crippen molar-refractivity contribution in [1.82, 2.24) is 10.1 Å². The maximum Gasteiger partial charge on any atom is 0.239 e. The molecule has 0 fully saturated rings. The van der Waals surface area contributed by atoms with E-state index in [1.807, 2.05) is 0 Å². The fraction of sp³-hybridized carbons (Fsp3) is 0.0455. The van der Waals surface area contributed by atoms with E-state index in [1.54, 1.807) is 60.9 Å². The van der Waals surface area contributed by atoms with E-state index < -0.39 is 0 Å². The Balaban J connectivity index is 1.67. The predicted molar refractivity (Wildman–Crippen MR) is 108 cm³/mol. The summed E-state index contributed by atoms with van der Waals surface area (Å²) in [4.78, 5) is 16.6. The van der Waals surface area contributed by atoms with Gasteiger partial charge in [-0.3, -0.25) is 15.1 Å². The van der Waals surface area contributed by atoms with Gasteiger partial charge in [-0.05, 0) is 59.7 Å². The summed E-state index contributed by atoms with van der Waals surface area (Å²) in [5.74, 6) is -0.386. The van der Waals surface area contributed by atoms with E-state index in [-0.39, 0.29) is 24.0 Å². The Morgan fingerprint density at radius 3 is 2.34 bits per heavy atom. The molecule has 144 valence electrons. The highest BCUT2D eigenvalue weighted by atomic mass is 19.1. The predicted octanol–water partition coefficient (Wildman–Crippen LogP) is 4.31. The molecule has 6 nitrogen and oxygen atoms in total. The van der Waals surface area contributed by atoms with Crippen LogP contribution in [0.2, 0.25) is 0 Å². The first-order valence-corrected chi connectivity index (χ1v) is 8.90.